The highest BCUT2D eigenvalue weighted by molar-refractivity contribution is 7.90. The van der Waals surface area contributed by atoms with Crippen molar-refractivity contribution in [3.8, 4) is 22.8 Å². The van der Waals surface area contributed by atoms with Crippen LogP contribution in [0.15, 0.2) is 71.1 Å². The molecule has 0 spiro atoms. The Hall–Kier alpha value is -4.38. The molecule has 4 aromatic rings. The predicted molar refractivity (Wildman–Crippen MR) is 168 cm³/mol. The van der Waals surface area contributed by atoms with E-state index in [2.05, 4.69) is 20.2 Å². The Labute approximate surface area is 272 Å². The molecule has 16 heteroatoms. The number of carboxylic acids is 1. The molecular formula is C31H31F3N4O7S2. The Kier molecular flexibility index (Phi) is 11.3. The number of nitrogens with zero attached hydrogens (tertiary/aromatic N) is 3. The van der Waals surface area contributed by atoms with Crippen molar-refractivity contribution in [2.75, 3.05) is 24.7 Å². The number of thiazole rings is 1. The zero-order chi connectivity index (χ0) is 34.4. The first kappa shape index (κ1) is 35.5. The monoisotopic (exact) mass is 692 g/mol. The van der Waals surface area contributed by atoms with Crippen LogP contribution < -0.4 is 10.1 Å². The summed E-state index contributed by atoms with van der Waals surface area (Å²) in [5, 5.41) is 22.2. The standard InChI is InChI=1S/C29H30N4O5S2.C2HF3O2/c1-19-4-3-11-30-27(19)20-14-21(16-25(15-20)38-24-5-7-26(8-6-24)40(2,36)37)28(35)32-29-31-22(18-39-29)17-33-12-9-23(34)10-13-33;3-2(4,5)1(6)7/h3-8,11,14-16,18,23,34H,9-10,12-13,17H2,1-2H3,(H,31,32,35);(H,6,7). The second kappa shape index (κ2) is 15.0. The summed E-state index contributed by atoms with van der Waals surface area (Å²) in [4.78, 5) is 33.8. The second-order valence-electron chi connectivity index (χ2n) is 10.7. The van der Waals surface area contributed by atoms with E-state index >= 15 is 0 Å². The number of likely N-dealkylation sites (tertiary alicyclic amines) is 1. The van der Waals surface area contributed by atoms with Gasteiger partial charge in [0.1, 0.15) is 11.5 Å². The highest BCUT2D eigenvalue weighted by Gasteiger charge is 2.38. The van der Waals surface area contributed by atoms with Crippen LogP contribution >= 0.6 is 11.3 Å². The molecule has 0 saturated carbocycles. The molecular weight excluding hydrogens is 661 g/mol. The number of aromatic nitrogens is 2. The number of aliphatic hydroxyl groups excluding tert-OH is 1. The molecule has 0 bridgehead atoms. The van der Waals surface area contributed by atoms with Gasteiger partial charge in [0.2, 0.25) is 0 Å². The zero-order valence-corrected chi connectivity index (χ0v) is 26.8. The third kappa shape index (κ3) is 10.3. The summed E-state index contributed by atoms with van der Waals surface area (Å²) in [6.45, 7) is 4.25. The van der Waals surface area contributed by atoms with Crippen molar-refractivity contribution in [2.24, 2.45) is 0 Å². The molecule has 2 aromatic carbocycles. The van der Waals surface area contributed by atoms with Crippen molar-refractivity contribution in [2.45, 2.75) is 43.5 Å². The average molecular weight is 693 g/mol. The summed E-state index contributed by atoms with van der Waals surface area (Å²) >= 11 is 1.36. The zero-order valence-electron chi connectivity index (χ0n) is 25.2. The van der Waals surface area contributed by atoms with Gasteiger partial charge in [0.25, 0.3) is 5.91 Å². The Morgan fingerprint density at radius 2 is 1.74 bits per heavy atom. The predicted octanol–water partition coefficient (Wildman–Crippen LogP) is 5.55. The number of alkyl halides is 3. The Bertz CT molecular complexity index is 1820. The molecule has 11 nitrogen and oxygen atoms in total. The molecule has 0 aliphatic carbocycles. The van der Waals surface area contributed by atoms with E-state index < -0.39 is 22.0 Å². The first-order valence-corrected chi connectivity index (χ1v) is 16.9. The number of sulfone groups is 1. The lowest BCUT2D eigenvalue weighted by Crippen LogP contribution is -2.35. The van der Waals surface area contributed by atoms with Gasteiger partial charge in [0.15, 0.2) is 15.0 Å². The first-order valence-electron chi connectivity index (χ1n) is 14.1. The average Bonchev–Trinajstić information content (AvgIpc) is 3.44. The van der Waals surface area contributed by atoms with Crippen LogP contribution in [0.2, 0.25) is 0 Å². The van der Waals surface area contributed by atoms with E-state index in [4.69, 9.17) is 14.6 Å². The van der Waals surface area contributed by atoms with E-state index in [0.29, 0.717) is 34.3 Å². The Balaban J connectivity index is 0.000000644. The van der Waals surface area contributed by atoms with Gasteiger partial charge in [-0.3, -0.25) is 20.0 Å². The molecule has 0 radical (unpaired) electrons. The minimum Gasteiger partial charge on any atom is -0.475 e. The van der Waals surface area contributed by atoms with Gasteiger partial charge >= 0.3 is 12.1 Å². The van der Waals surface area contributed by atoms with Crippen LogP contribution in [0.1, 0.15) is 34.5 Å². The molecule has 250 valence electrons. The van der Waals surface area contributed by atoms with Crippen LogP contribution in [-0.4, -0.2) is 77.0 Å². The number of anilines is 1. The van der Waals surface area contributed by atoms with Gasteiger partial charge in [-0.1, -0.05) is 6.07 Å². The maximum absolute atomic E-state index is 13.4. The maximum atomic E-state index is 13.4. The van der Waals surface area contributed by atoms with Gasteiger partial charge in [-0.05, 0) is 73.9 Å². The molecule has 1 fully saturated rings. The molecule has 47 heavy (non-hydrogen) atoms. The van der Waals surface area contributed by atoms with Gasteiger partial charge in [-0.15, -0.1) is 11.3 Å². The maximum Gasteiger partial charge on any atom is 0.490 e. The van der Waals surface area contributed by atoms with Crippen LogP contribution in [0, 0.1) is 6.92 Å². The molecule has 1 saturated heterocycles. The molecule has 3 heterocycles. The van der Waals surface area contributed by atoms with Crippen molar-refractivity contribution in [3.63, 3.8) is 0 Å². The Morgan fingerprint density at radius 1 is 1.09 bits per heavy atom. The van der Waals surface area contributed by atoms with Gasteiger partial charge in [0.05, 0.1) is 22.4 Å². The largest absolute Gasteiger partial charge is 0.490 e. The van der Waals surface area contributed by atoms with Crippen LogP contribution in [0.3, 0.4) is 0 Å². The minimum absolute atomic E-state index is 0.193. The summed E-state index contributed by atoms with van der Waals surface area (Å²) in [5.74, 6) is -2.25. The molecule has 0 unspecified atom stereocenters. The summed E-state index contributed by atoms with van der Waals surface area (Å²) in [6.07, 6.45) is -0.956. The fourth-order valence-corrected chi connectivity index (χ4v) is 5.84. The fraction of sp³-hybridized carbons (Fsp3) is 0.290. The fourth-order valence-electron chi connectivity index (χ4n) is 4.52. The SMILES string of the molecule is Cc1cccnc1-c1cc(Oc2ccc(S(C)(=O)=O)cc2)cc(C(=O)Nc2nc(CN3CCC(O)CC3)cs2)c1.O=C(O)C(F)(F)F. The smallest absolute Gasteiger partial charge is 0.475 e. The van der Waals surface area contributed by atoms with Crippen molar-refractivity contribution in [1.82, 2.24) is 14.9 Å². The first-order chi connectivity index (χ1) is 22.1. The topological polar surface area (TPSA) is 159 Å². The molecule has 0 atom stereocenters. The molecule has 3 N–H and O–H groups in total. The molecule has 1 aliphatic rings. The number of hydrogen-bond donors (Lipinski definition) is 3. The van der Waals surface area contributed by atoms with Crippen LogP contribution in [0.25, 0.3) is 11.3 Å². The number of aryl methyl sites for hydroxylation is 1. The van der Waals surface area contributed by atoms with Crippen molar-refractivity contribution in [3.05, 3.63) is 83.0 Å². The summed E-state index contributed by atoms with van der Waals surface area (Å²) in [7, 11) is -3.33. The van der Waals surface area contributed by atoms with E-state index in [1.165, 1.54) is 23.5 Å². The third-order valence-corrected chi connectivity index (χ3v) is 8.83. The van der Waals surface area contributed by atoms with Crippen molar-refractivity contribution >= 4 is 38.2 Å². The highest BCUT2D eigenvalue weighted by atomic mass is 32.2. The van der Waals surface area contributed by atoms with E-state index in [9.17, 15) is 31.5 Å². The molecule has 1 amide bonds. The van der Waals surface area contributed by atoms with E-state index in [-0.39, 0.29) is 16.9 Å². The number of carboxylic acid groups (broad SMARTS) is 1. The number of carbonyl (C=O) groups is 2. The normalized spacial score (nSPS) is 14.2. The lowest BCUT2D eigenvalue weighted by atomic mass is 10.0. The van der Waals surface area contributed by atoms with E-state index in [1.54, 1.807) is 36.5 Å². The minimum atomic E-state index is -5.08. The Morgan fingerprint density at radius 3 is 2.34 bits per heavy atom. The number of pyridine rings is 1. The van der Waals surface area contributed by atoms with Gasteiger partial charge in [-0.25, -0.2) is 18.2 Å². The number of piperidine rings is 1. The number of nitrogens with one attached hydrogen (secondary N) is 1. The van der Waals surface area contributed by atoms with Crippen molar-refractivity contribution < 1.29 is 46.1 Å². The lowest BCUT2D eigenvalue weighted by molar-refractivity contribution is -0.192. The number of aliphatic carboxylic acids is 1. The van der Waals surface area contributed by atoms with E-state index in [1.807, 2.05) is 24.4 Å². The van der Waals surface area contributed by atoms with Crippen LogP contribution in [0.5, 0.6) is 11.5 Å². The van der Waals surface area contributed by atoms with Crippen molar-refractivity contribution in [1.29, 1.82) is 0 Å². The molecule has 2 aromatic heterocycles. The number of halogens is 3. The highest BCUT2D eigenvalue weighted by Crippen LogP contribution is 2.31. The number of rotatable bonds is 8. The summed E-state index contributed by atoms with van der Waals surface area (Å²) in [5.41, 5.74) is 3.61. The van der Waals surface area contributed by atoms with E-state index in [0.717, 1.165) is 49.1 Å². The van der Waals surface area contributed by atoms with Gasteiger partial charge in [0, 0.05) is 48.6 Å². The number of amides is 1. The molecule has 1 aliphatic heterocycles. The van der Waals surface area contributed by atoms with Crippen LogP contribution in [-0.2, 0) is 21.2 Å². The number of carbonyl (C=O) groups excluding carboxylic acids is 1. The number of aliphatic hydroxyl groups is 1. The lowest BCUT2D eigenvalue weighted by Gasteiger charge is -2.28. The summed E-state index contributed by atoms with van der Waals surface area (Å²) in [6, 6.07) is 15.1. The van der Waals surface area contributed by atoms with Gasteiger partial charge < -0.3 is 14.9 Å². The number of hydrogen-bond acceptors (Lipinski definition) is 10. The number of benzene rings is 2. The van der Waals surface area contributed by atoms with Crippen LogP contribution in [0.4, 0.5) is 18.3 Å². The van der Waals surface area contributed by atoms with Gasteiger partial charge in [-0.2, -0.15) is 13.2 Å². The quantitative estimate of drug-likeness (QED) is 0.214. The summed E-state index contributed by atoms with van der Waals surface area (Å²) < 4.78 is 61.4. The third-order valence-electron chi connectivity index (χ3n) is 6.90. The second-order valence-corrected chi connectivity index (χ2v) is 13.5. The molecule has 5 rings (SSSR count). The number of ether oxygens (including phenoxy) is 1.